The molecule has 2 aliphatic rings. The van der Waals surface area contributed by atoms with Crippen LogP contribution in [0, 0.1) is 13.8 Å². The fourth-order valence-corrected chi connectivity index (χ4v) is 5.31. The highest BCUT2D eigenvalue weighted by Gasteiger charge is 2.38. The van der Waals surface area contributed by atoms with Crippen LogP contribution in [0.3, 0.4) is 0 Å². The summed E-state index contributed by atoms with van der Waals surface area (Å²) in [5.41, 5.74) is 3.39. The standard InChI is InChI=1S/C22H32N6O2S/c1-17-6-7-19(14-18(17)2)28-21(24-25-26-28)31-15-20(29)23-16-22(8-4-3-5-9-22)27-10-12-30-13-11-27/h6-7,14H,3-5,8-13,15-16H2,1-2H3,(H,23,29). The third kappa shape index (κ3) is 5.27. The highest BCUT2D eigenvalue weighted by Crippen LogP contribution is 2.34. The summed E-state index contributed by atoms with van der Waals surface area (Å²) in [5.74, 6) is 0.322. The molecule has 0 unspecified atom stereocenters. The molecule has 1 aromatic heterocycles. The molecule has 1 saturated heterocycles. The van der Waals surface area contributed by atoms with Crippen LogP contribution in [-0.4, -0.2) is 75.2 Å². The summed E-state index contributed by atoms with van der Waals surface area (Å²) in [5, 5.41) is 15.9. The zero-order valence-corrected chi connectivity index (χ0v) is 19.3. The van der Waals surface area contributed by atoms with Crippen LogP contribution < -0.4 is 5.32 Å². The fourth-order valence-electron chi connectivity index (χ4n) is 4.58. The van der Waals surface area contributed by atoms with Gasteiger partial charge in [0, 0.05) is 25.2 Å². The van der Waals surface area contributed by atoms with E-state index >= 15 is 0 Å². The molecule has 2 fully saturated rings. The van der Waals surface area contributed by atoms with Crippen molar-refractivity contribution in [2.75, 3.05) is 38.6 Å². The smallest absolute Gasteiger partial charge is 0.230 e. The van der Waals surface area contributed by atoms with E-state index in [0.29, 0.717) is 17.5 Å². The van der Waals surface area contributed by atoms with Crippen molar-refractivity contribution in [1.29, 1.82) is 0 Å². The van der Waals surface area contributed by atoms with Crippen LogP contribution in [0.4, 0.5) is 0 Å². The van der Waals surface area contributed by atoms with Gasteiger partial charge in [-0.2, -0.15) is 4.68 Å². The first-order valence-electron chi connectivity index (χ1n) is 11.2. The quantitative estimate of drug-likeness (QED) is 0.657. The van der Waals surface area contributed by atoms with E-state index in [1.807, 2.05) is 6.07 Å². The largest absolute Gasteiger partial charge is 0.379 e. The highest BCUT2D eigenvalue weighted by atomic mass is 32.2. The molecule has 0 bridgehead atoms. The lowest BCUT2D eigenvalue weighted by Crippen LogP contribution is -2.59. The Morgan fingerprint density at radius 3 is 2.68 bits per heavy atom. The van der Waals surface area contributed by atoms with Gasteiger partial charge in [0.2, 0.25) is 11.1 Å². The first kappa shape index (κ1) is 22.2. The molecule has 168 valence electrons. The number of hydrogen-bond acceptors (Lipinski definition) is 7. The average Bonchev–Trinajstić information content (AvgIpc) is 3.28. The number of tetrazole rings is 1. The van der Waals surface area contributed by atoms with E-state index in [1.54, 1.807) is 4.68 Å². The van der Waals surface area contributed by atoms with Gasteiger partial charge < -0.3 is 10.1 Å². The monoisotopic (exact) mass is 444 g/mol. The number of aromatic nitrogens is 4. The first-order valence-corrected chi connectivity index (χ1v) is 12.1. The first-order chi connectivity index (χ1) is 15.1. The lowest BCUT2D eigenvalue weighted by atomic mass is 9.79. The molecule has 2 aromatic rings. The molecule has 9 heteroatoms. The third-order valence-electron chi connectivity index (χ3n) is 6.59. The third-order valence-corrected chi connectivity index (χ3v) is 7.51. The van der Waals surface area contributed by atoms with Crippen LogP contribution in [0.25, 0.3) is 5.69 Å². The molecule has 1 saturated carbocycles. The number of amides is 1. The van der Waals surface area contributed by atoms with E-state index in [-0.39, 0.29) is 11.4 Å². The van der Waals surface area contributed by atoms with Crippen molar-refractivity contribution in [1.82, 2.24) is 30.4 Å². The summed E-state index contributed by atoms with van der Waals surface area (Å²) in [6.45, 7) is 8.33. The number of morpholine rings is 1. The lowest BCUT2D eigenvalue weighted by molar-refractivity contribution is -0.119. The van der Waals surface area contributed by atoms with Crippen LogP contribution in [0.15, 0.2) is 23.4 Å². The SMILES string of the molecule is Cc1ccc(-n2nnnc2SCC(=O)NCC2(N3CCOCC3)CCCCC2)cc1C. The van der Waals surface area contributed by atoms with Gasteiger partial charge in [0.05, 0.1) is 24.7 Å². The van der Waals surface area contributed by atoms with Crippen molar-refractivity contribution in [2.45, 2.75) is 56.6 Å². The molecule has 8 nitrogen and oxygen atoms in total. The maximum absolute atomic E-state index is 12.7. The number of carbonyl (C=O) groups excluding carboxylic acids is 1. The minimum atomic E-state index is 0.0258. The average molecular weight is 445 g/mol. The minimum Gasteiger partial charge on any atom is -0.379 e. The zero-order valence-electron chi connectivity index (χ0n) is 18.5. The Bertz CT molecular complexity index is 890. The van der Waals surface area contributed by atoms with E-state index in [2.05, 4.69) is 51.7 Å². The van der Waals surface area contributed by atoms with Crippen LogP contribution in [0.5, 0.6) is 0 Å². The predicted molar refractivity (Wildman–Crippen MR) is 121 cm³/mol. The topological polar surface area (TPSA) is 85.2 Å². The lowest BCUT2D eigenvalue weighted by Gasteiger charge is -2.48. The number of rotatable bonds is 7. The second kappa shape index (κ2) is 10.1. The fraction of sp³-hybridized carbons (Fsp3) is 0.636. The number of benzene rings is 1. The van der Waals surface area contributed by atoms with Gasteiger partial charge in [-0.1, -0.05) is 37.1 Å². The molecular weight excluding hydrogens is 412 g/mol. The van der Waals surface area contributed by atoms with Gasteiger partial charge in [0.15, 0.2) is 0 Å². The van der Waals surface area contributed by atoms with E-state index in [1.165, 1.54) is 42.2 Å². The predicted octanol–water partition coefficient (Wildman–Crippen LogP) is 2.52. The van der Waals surface area contributed by atoms with Gasteiger partial charge in [0.1, 0.15) is 0 Å². The molecule has 0 atom stereocenters. The summed E-state index contributed by atoms with van der Waals surface area (Å²) in [4.78, 5) is 15.2. The second-order valence-corrected chi connectivity index (χ2v) is 9.53. The van der Waals surface area contributed by atoms with Crippen LogP contribution in [-0.2, 0) is 9.53 Å². The summed E-state index contributed by atoms with van der Waals surface area (Å²) in [6, 6.07) is 6.12. The number of hydrogen-bond donors (Lipinski definition) is 1. The van der Waals surface area contributed by atoms with E-state index in [0.717, 1.165) is 44.8 Å². The van der Waals surface area contributed by atoms with Gasteiger partial charge in [-0.05, 0) is 60.4 Å². The Labute approximate surface area is 188 Å². The van der Waals surface area contributed by atoms with Gasteiger partial charge in [-0.15, -0.1) is 5.10 Å². The van der Waals surface area contributed by atoms with Crippen molar-refractivity contribution in [3.05, 3.63) is 29.3 Å². The Balaban J connectivity index is 1.35. The number of ether oxygens (including phenoxy) is 1. The molecule has 31 heavy (non-hydrogen) atoms. The van der Waals surface area contributed by atoms with E-state index in [4.69, 9.17) is 4.74 Å². The molecule has 1 aromatic carbocycles. The number of nitrogens with one attached hydrogen (secondary N) is 1. The number of nitrogens with zero attached hydrogens (tertiary/aromatic N) is 5. The van der Waals surface area contributed by atoms with Crippen LogP contribution >= 0.6 is 11.8 Å². The van der Waals surface area contributed by atoms with Crippen molar-refractivity contribution < 1.29 is 9.53 Å². The van der Waals surface area contributed by atoms with Gasteiger partial charge in [-0.25, -0.2) is 0 Å². The Hall–Kier alpha value is -1.97. The van der Waals surface area contributed by atoms with Crippen LogP contribution in [0.1, 0.15) is 43.2 Å². The maximum atomic E-state index is 12.7. The summed E-state index contributed by atoms with van der Waals surface area (Å²) in [6.07, 6.45) is 6.04. The number of carbonyl (C=O) groups is 1. The second-order valence-electron chi connectivity index (χ2n) is 8.59. The van der Waals surface area contributed by atoms with Gasteiger partial charge in [-0.3, -0.25) is 9.69 Å². The normalized spacial score (nSPS) is 19.3. The summed E-state index contributed by atoms with van der Waals surface area (Å²) < 4.78 is 7.24. The Morgan fingerprint density at radius 2 is 1.94 bits per heavy atom. The molecule has 0 spiro atoms. The zero-order chi connectivity index (χ0) is 21.7. The van der Waals surface area contributed by atoms with Crippen molar-refractivity contribution in [2.24, 2.45) is 0 Å². The van der Waals surface area contributed by atoms with Crippen molar-refractivity contribution in [3.8, 4) is 5.69 Å². The molecule has 1 N–H and O–H groups in total. The summed E-state index contributed by atoms with van der Waals surface area (Å²) in [7, 11) is 0. The van der Waals surface area contributed by atoms with Crippen molar-refractivity contribution in [3.63, 3.8) is 0 Å². The molecule has 1 aliphatic heterocycles. The Morgan fingerprint density at radius 1 is 1.16 bits per heavy atom. The maximum Gasteiger partial charge on any atom is 0.230 e. The van der Waals surface area contributed by atoms with Crippen molar-refractivity contribution >= 4 is 17.7 Å². The minimum absolute atomic E-state index is 0.0258. The van der Waals surface area contributed by atoms with E-state index in [9.17, 15) is 4.79 Å². The number of thioether (sulfide) groups is 1. The Kier molecular flexibility index (Phi) is 7.24. The molecule has 1 amide bonds. The molecular formula is C22H32N6O2S. The summed E-state index contributed by atoms with van der Waals surface area (Å²) >= 11 is 1.37. The van der Waals surface area contributed by atoms with Gasteiger partial charge in [0.25, 0.3) is 0 Å². The molecule has 2 heterocycles. The number of aryl methyl sites for hydroxylation is 2. The van der Waals surface area contributed by atoms with E-state index < -0.39 is 0 Å². The van der Waals surface area contributed by atoms with Crippen LogP contribution in [0.2, 0.25) is 0 Å². The van der Waals surface area contributed by atoms with Gasteiger partial charge >= 0.3 is 0 Å². The highest BCUT2D eigenvalue weighted by molar-refractivity contribution is 7.99. The molecule has 4 rings (SSSR count). The molecule has 1 aliphatic carbocycles. The molecule has 0 radical (unpaired) electrons.